The van der Waals surface area contributed by atoms with Gasteiger partial charge in [0, 0.05) is 18.3 Å². The van der Waals surface area contributed by atoms with Crippen molar-refractivity contribution in [3.63, 3.8) is 0 Å². The first-order chi connectivity index (χ1) is 8.24. The number of aromatic nitrogens is 1. The van der Waals surface area contributed by atoms with Crippen molar-refractivity contribution in [3.8, 4) is 5.75 Å². The summed E-state index contributed by atoms with van der Waals surface area (Å²) >= 11 is 0. The predicted molar refractivity (Wildman–Crippen MR) is 71.2 cm³/mol. The Kier molecular flexibility index (Phi) is 6.63. The van der Waals surface area contributed by atoms with Crippen LogP contribution in [0.15, 0.2) is 18.5 Å². The summed E-state index contributed by atoms with van der Waals surface area (Å²) in [6.07, 6.45) is 5.94. The average Bonchev–Trinajstić information content (AvgIpc) is 2.33. The summed E-state index contributed by atoms with van der Waals surface area (Å²) in [5.41, 5.74) is 1.19. The second-order valence-corrected chi connectivity index (χ2v) is 4.65. The molecular formula is C14H24N2O. The van der Waals surface area contributed by atoms with E-state index in [4.69, 9.17) is 4.74 Å². The minimum absolute atomic E-state index is 0.744. The van der Waals surface area contributed by atoms with Crippen LogP contribution in [0.2, 0.25) is 0 Å². The van der Waals surface area contributed by atoms with E-state index in [1.807, 2.05) is 18.5 Å². The highest BCUT2D eigenvalue weighted by Gasteiger charge is 2.03. The Morgan fingerprint density at radius 3 is 2.94 bits per heavy atom. The summed E-state index contributed by atoms with van der Waals surface area (Å²) in [7, 11) is 0. The van der Waals surface area contributed by atoms with Gasteiger partial charge in [0.25, 0.3) is 0 Å². The Hall–Kier alpha value is -1.09. The molecule has 3 heteroatoms. The van der Waals surface area contributed by atoms with Crippen LogP contribution in [-0.4, -0.2) is 18.1 Å². The fourth-order valence-electron chi connectivity index (χ4n) is 1.62. The van der Waals surface area contributed by atoms with E-state index >= 15 is 0 Å². The third-order valence-electron chi connectivity index (χ3n) is 2.62. The smallest absolute Gasteiger partial charge is 0.142 e. The minimum Gasteiger partial charge on any atom is -0.492 e. The molecule has 3 nitrogen and oxygen atoms in total. The van der Waals surface area contributed by atoms with Gasteiger partial charge in [-0.1, -0.05) is 20.8 Å². The molecular weight excluding hydrogens is 212 g/mol. The number of pyridine rings is 1. The van der Waals surface area contributed by atoms with Crippen LogP contribution in [0.1, 0.15) is 39.2 Å². The monoisotopic (exact) mass is 236 g/mol. The highest BCUT2D eigenvalue weighted by molar-refractivity contribution is 5.29. The zero-order chi connectivity index (χ0) is 12.5. The summed E-state index contributed by atoms with van der Waals surface area (Å²) in [4.78, 5) is 4.11. The first kappa shape index (κ1) is 14.0. The van der Waals surface area contributed by atoms with E-state index in [-0.39, 0.29) is 0 Å². The Bertz CT molecular complexity index is 313. The summed E-state index contributed by atoms with van der Waals surface area (Å²) in [5, 5.41) is 3.31. The normalized spacial score (nSPS) is 10.8. The second-order valence-electron chi connectivity index (χ2n) is 4.65. The number of nitrogens with one attached hydrogen (secondary N) is 1. The maximum Gasteiger partial charge on any atom is 0.142 e. The Labute approximate surface area is 105 Å². The fourth-order valence-corrected chi connectivity index (χ4v) is 1.62. The van der Waals surface area contributed by atoms with E-state index in [9.17, 15) is 0 Å². The van der Waals surface area contributed by atoms with Gasteiger partial charge in [-0.05, 0) is 31.4 Å². The lowest BCUT2D eigenvalue weighted by atomic mass is 10.1. The van der Waals surface area contributed by atoms with Crippen LogP contribution in [0.25, 0.3) is 0 Å². The quantitative estimate of drug-likeness (QED) is 0.705. The maximum atomic E-state index is 5.78. The van der Waals surface area contributed by atoms with Crippen LogP contribution in [0.3, 0.4) is 0 Å². The Morgan fingerprint density at radius 1 is 1.41 bits per heavy atom. The first-order valence-corrected chi connectivity index (χ1v) is 6.50. The van der Waals surface area contributed by atoms with Gasteiger partial charge in [0.2, 0.25) is 0 Å². The average molecular weight is 236 g/mol. The molecule has 0 unspecified atom stereocenters. The maximum absolute atomic E-state index is 5.78. The SMILES string of the molecule is CCNCc1ccncc1OCCCC(C)C. The van der Waals surface area contributed by atoms with Gasteiger partial charge >= 0.3 is 0 Å². The summed E-state index contributed by atoms with van der Waals surface area (Å²) in [6.45, 7) is 9.17. The van der Waals surface area contributed by atoms with Crippen LogP contribution in [-0.2, 0) is 6.54 Å². The highest BCUT2D eigenvalue weighted by Crippen LogP contribution is 2.16. The third-order valence-corrected chi connectivity index (χ3v) is 2.62. The van der Waals surface area contributed by atoms with Gasteiger partial charge in [0.05, 0.1) is 12.8 Å². The van der Waals surface area contributed by atoms with E-state index in [1.54, 1.807) is 0 Å². The van der Waals surface area contributed by atoms with Gasteiger partial charge in [-0.15, -0.1) is 0 Å². The molecule has 0 aromatic carbocycles. The first-order valence-electron chi connectivity index (χ1n) is 6.50. The number of hydrogen-bond acceptors (Lipinski definition) is 3. The van der Waals surface area contributed by atoms with Gasteiger partial charge in [0.1, 0.15) is 5.75 Å². The molecule has 1 aromatic rings. The van der Waals surface area contributed by atoms with Crippen molar-refractivity contribution in [1.82, 2.24) is 10.3 Å². The van der Waals surface area contributed by atoms with Crippen molar-refractivity contribution in [3.05, 3.63) is 24.0 Å². The summed E-state index contributed by atoms with van der Waals surface area (Å²) in [6, 6.07) is 2.01. The molecule has 1 aromatic heterocycles. The molecule has 0 aliphatic carbocycles. The van der Waals surface area contributed by atoms with Crippen LogP contribution < -0.4 is 10.1 Å². The molecule has 96 valence electrons. The number of nitrogens with zero attached hydrogens (tertiary/aromatic N) is 1. The Morgan fingerprint density at radius 2 is 2.24 bits per heavy atom. The van der Waals surface area contributed by atoms with Crippen molar-refractivity contribution in [2.45, 2.75) is 40.2 Å². The summed E-state index contributed by atoms with van der Waals surface area (Å²) in [5.74, 6) is 1.66. The van der Waals surface area contributed by atoms with Crippen LogP contribution in [0.5, 0.6) is 5.75 Å². The molecule has 0 spiro atoms. The van der Waals surface area contributed by atoms with E-state index < -0.39 is 0 Å². The van der Waals surface area contributed by atoms with Crippen molar-refractivity contribution < 1.29 is 4.74 Å². The zero-order valence-electron chi connectivity index (χ0n) is 11.2. The van der Waals surface area contributed by atoms with Crippen molar-refractivity contribution in [2.75, 3.05) is 13.2 Å². The van der Waals surface area contributed by atoms with Gasteiger partial charge < -0.3 is 10.1 Å². The topological polar surface area (TPSA) is 34.2 Å². The minimum atomic E-state index is 0.744. The predicted octanol–water partition coefficient (Wildman–Crippen LogP) is 3.01. The summed E-state index contributed by atoms with van der Waals surface area (Å²) < 4.78 is 5.78. The van der Waals surface area contributed by atoms with E-state index in [1.165, 1.54) is 12.0 Å². The largest absolute Gasteiger partial charge is 0.492 e. The highest BCUT2D eigenvalue weighted by atomic mass is 16.5. The molecule has 1 heterocycles. The van der Waals surface area contributed by atoms with Crippen molar-refractivity contribution in [1.29, 1.82) is 0 Å². The molecule has 0 saturated heterocycles. The van der Waals surface area contributed by atoms with E-state index in [0.29, 0.717) is 0 Å². The molecule has 17 heavy (non-hydrogen) atoms. The zero-order valence-corrected chi connectivity index (χ0v) is 11.2. The Balaban J connectivity index is 2.40. The van der Waals surface area contributed by atoms with Crippen LogP contribution >= 0.6 is 0 Å². The van der Waals surface area contributed by atoms with E-state index in [0.717, 1.165) is 37.8 Å². The molecule has 0 aliphatic rings. The van der Waals surface area contributed by atoms with Gasteiger partial charge in [-0.25, -0.2) is 0 Å². The van der Waals surface area contributed by atoms with Crippen LogP contribution in [0, 0.1) is 5.92 Å². The van der Waals surface area contributed by atoms with Crippen LogP contribution in [0.4, 0.5) is 0 Å². The van der Waals surface area contributed by atoms with Crippen molar-refractivity contribution in [2.24, 2.45) is 5.92 Å². The fraction of sp³-hybridized carbons (Fsp3) is 0.643. The molecule has 0 saturated carbocycles. The number of hydrogen-bond donors (Lipinski definition) is 1. The lowest BCUT2D eigenvalue weighted by molar-refractivity contribution is 0.293. The van der Waals surface area contributed by atoms with E-state index in [2.05, 4.69) is 31.1 Å². The molecule has 0 amide bonds. The van der Waals surface area contributed by atoms with Gasteiger partial charge in [0.15, 0.2) is 0 Å². The van der Waals surface area contributed by atoms with Gasteiger partial charge in [-0.2, -0.15) is 0 Å². The molecule has 1 N–H and O–H groups in total. The third kappa shape index (κ3) is 5.68. The molecule has 0 bridgehead atoms. The molecule has 0 radical (unpaired) electrons. The van der Waals surface area contributed by atoms with Gasteiger partial charge in [-0.3, -0.25) is 4.98 Å². The number of rotatable bonds is 8. The lowest BCUT2D eigenvalue weighted by Gasteiger charge is -2.11. The van der Waals surface area contributed by atoms with Crippen molar-refractivity contribution >= 4 is 0 Å². The standard InChI is InChI=1S/C14H24N2O/c1-4-15-10-13-7-8-16-11-14(13)17-9-5-6-12(2)3/h7-8,11-12,15H,4-6,9-10H2,1-3H3. The molecule has 0 atom stereocenters. The lowest BCUT2D eigenvalue weighted by Crippen LogP contribution is -2.13. The molecule has 1 rings (SSSR count). The number of ether oxygens (including phenoxy) is 1. The molecule has 0 fully saturated rings. The second kappa shape index (κ2) is 8.07. The molecule has 0 aliphatic heterocycles.